The molecule has 1 N–H and O–H groups in total. The Hall–Kier alpha value is -1.31. The number of carbonyl (C=O) groups is 1. The molecule has 1 rings (SSSR count). The third kappa shape index (κ3) is 5.06. The van der Waals surface area contributed by atoms with Gasteiger partial charge in [-0.3, -0.25) is 4.79 Å². The van der Waals surface area contributed by atoms with Gasteiger partial charge in [0.05, 0.1) is 0 Å². The molecule has 0 aliphatic heterocycles. The van der Waals surface area contributed by atoms with E-state index in [4.69, 9.17) is 0 Å². The largest absolute Gasteiger partial charge is 0.353 e. The van der Waals surface area contributed by atoms with E-state index in [1.807, 2.05) is 25.1 Å². The molecule has 0 spiro atoms. The maximum atomic E-state index is 12.2. The van der Waals surface area contributed by atoms with Gasteiger partial charge in [0.15, 0.2) is 0 Å². The van der Waals surface area contributed by atoms with Gasteiger partial charge in [-0.1, -0.05) is 64.4 Å². The second-order valence-corrected chi connectivity index (χ2v) is 5.48. The fourth-order valence-corrected chi connectivity index (χ4v) is 2.14. The number of rotatable bonds is 7. The molecule has 0 radical (unpaired) electrons. The minimum Gasteiger partial charge on any atom is -0.353 e. The van der Waals surface area contributed by atoms with Gasteiger partial charge >= 0.3 is 0 Å². The summed E-state index contributed by atoms with van der Waals surface area (Å²) >= 11 is 0. The van der Waals surface area contributed by atoms with Crippen LogP contribution in [0.2, 0.25) is 0 Å². The molecule has 0 bridgehead atoms. The number of hydrogen-bond donors (Lipinski definition) is 1. The number of benzene rings is 1. The van der Waals surface area contributed by atoms with Gasteiger partial charge in [0.2, 0.25) is 5.91 Å². The van der Waals surface area contributed by atoms with Crippen LogP contribution in [0, 0.1) is 11.8 Å². The molecule has 3 atom stereocenters. The second-order valence-electron chi connectivity index (χ2n) is 5.48. The maximum absolute atomic E-state index is 12.2. The Kier molecular flexibility index (Phi) is 6.61. The Morgan fingerprint density at radius 2 is 1.74 bits per heavy atom. The van der Waals surface area contributed by atoms with E-state index in [9.17, 15) is 4.79 Å². The summed E-state index contributed by atoms with van der Waals surface area (Å²) in [6, 6.07) is 10.6. The van der Waals surface area contributed by atoms with Gasteiger partial charge in [-0.2, -0.15) is 0 Å². The molecular formula is C17H27NO. The monoisotopic (exact) mass is 261 g/mol. The molecule has 0 saturated heterocycles. The van der Waals surface area contributed by atoms with E-state index < -0.39 is 0 Å². The molecule has 0 heterocycles. The average molecular weight is 261 g/mol. The van der Waals surface area contributed by atoms with Crippen molar-refractivity contribution in [1.82, 2.24) is 5.32 Å². The zero-order valence-electron chi connectivity index (χ0n) is 12.6. The Morgan fingerprint density at radius 1 is 1.11 bits per heavy atom. The summed E-state index contributed by atoms with van der Waals surface area (Å²) in [5.41, 5.74) is 1.28. The normalized spacial score (nSPS) is 15.6. The number of carbonyl (C=O) groups excluding carboxylic acids is 1. The third-order valence-electron chi connectivity index (χ3n) is 4.08. The van der Waals surface area contributed by atoms with Crippen LogP contribution in [-0.2, 0) is 11.2 Å². The summed E-state index contributed by atoms with van der Waals surface area (Å²) in [6.45, 7) is 8.43. The fraction of sp³-hybridized carbons (Fsp3) is 0.588. The van der Waals surface area contributed by atoms with Gasteiger partial charge in [0, 0.05) is 12.0 Å². The van der Waals surface area contributed by atoms with E-state index in [2.05, 4.69) is 38.2 Å². The quantitative estimate of drug-likeness (QED) is 0.794. The first-order valence-corrected chi connectivity index (χ1v) is 7.42. The Morgan fingerprint density at radius 3 is 2.26 bits per heavy atom. The smallest absolute Gasteiger partial charge is 0.223 e. The van der Waals surface area contributed by atoms with E-state index in [0.29, 0.717) is 5.92 Å². The molecule has 0 aliphatic rings. The Bertz CT molecular complexity index is 374. The van der Waals surface area contributed by atoms with Crippen molar-refractivity contribution in [3.05, 3.63) is 35.9 Å². The lowest BCUT2D eigenvalue weighted by atomic mass is 9.92. The van der Waals surface area contributed by atoms with Crippen LogP contribution in [0.1, 0.15) is 46.1 Å². The molecule has 0 saturated carbocycles. The molecule has 1 aromatic rings. The number of hydrogen-bond acceptors (Lipinski definition) is 1. The van der Waals surface area contributed by atoms with Crippen LogP contribution in [0.4, 0.5) is 0 Å². The lowest BCUT2D eigenvalue weighted by Gasteiger charge is -2.23. The first-order chi connectivity index (χ1) is 9.08. The summed E-state index contributed by atoms with van der Waals surface area (Å²) in [4.78, 5) is 12.2. The molecular weight excluding hydrogens is 234 g/mol. The first-order valence-electron chi connectivity index (χ1n) is 7.42. The van der Waals surface area contributed by atoms with Crippen LogP contribution in [0.3, 0.4) is 0 Å². The lowest BCUT2D eigenvalue weighted by Crippen LogP contribution is -2.40. The van der Waals surface area contributed by atoms with Gasteiger partial charge < -0.3 is 5.32 Å². The third-order valence-corrected chi connectivity index (χ3v) is 4.08. The summed E-state index contributed by atoms with van der Waals surface area (Å²) in [7, 11) is 0. The molecule has 2 heteroatoms. The number of amides is 1. The van der Waals surface area contributed by atoms with Gasteiger partial charge in [-0.25, -0.2) is 0 Å². The van der Waals surface area contributed by atoms with Crippen LogP contribution in [-0.4, -0.2) is 11.9 Å². The highest BCUT2D eigenvalue weighted by molar-refractivity contribution is 5.78. The van der Waals surface area contributed by atoms with E-state index in [1.54, 1.807) is 0 Å². The molecule has 1 aromatic carbocycles. The molecule has 19 heavy (non-hydrogen) atoms. The molecule has 106 valence electrons. The fourth-order valence-electron chi connectivity index (χ4n) is 2.14. The standard InChI is InChI=1S/C17H27NO/c1-5-13(3)14(4)17(19)18-16(6-2)12-15-10-8-7-9-11-15/h7-11,13-14,16H,5-6,12H2,1-4H3,(H,18,19)/t13-,14-,16+/m0/s1. The summed E-state index contributed by atoms with van der Waals surface area (Å²) < 4.78 is 0. The van der Waals surface area contributed by atoms with Crippen molar-refractivity contribution in [3.8, 4) is 0 Å². The van der Waals surface area contributed by atoms with Crippen LogP contribution in [0.5, 0.6) is 0 Å². The van der Waals surface area contributed by atoms with Crippen molar-refractivity contribution >= 4 is 5.91 Å². The lowest BCUT2D eigenvalue weighted by molar-refractivity contribution is -0.126. The van der Waals surface area contributed by atoms with Crippen LogP contribution in [0.25, 0.3) is 0 Å². The number of nitrogens with one attached hydrogen (secondary N) is 1. The van der Waals surface area contributed by atoms with Crippen molar-refractivity contribution in [1.29, 1.82) is 0 Å². The predicted molar refractivity (Wildman–Crippen MR) is 81.0 cm³/mol. The molecule has 0 aliphatic carbocycles. The molecule has 2 nitrogen and oxygen atoms in total. The highest BCUT2D eigenvalue weighted by atomic mass is 16.1. The van der Waals surface area contributed by atoms with Gasteiger partial charge in [0.1, 0.15) is 0 Å². The second kappa shape index (κ2) is 7.98. The van der Waals surface area contributed by atoms with Crippen LogP contribution in [0.15, 0.2) is 30.3 Å². The molecule has 0 unspecified atom stereocenters. The Balaban J connectivity index is 2.55. The summed E-state index contributed by atoms with van der Waals surface area (Å²) in [5, 5.41) is 3.19. The van der Waals surface area contributed by atoms with E-state index in [0.717, 1.165) is 19.3 Å². The topological polar surface area (TPSA) is 29.1 Å². The minimum atomic E-state index is 0.0924. The highest BCUT2D eigenvalue weighted by Gasteiger charge is 2.21. The first kappa shape index (κ1) is 15.7. The van der Waals surface area contributed by atoms with Gasteiger partial charge in [-0.05, 0) is 24.3 Å². The molecule has 1 amide bonds. The van der Waals surface area contributed by atoms with Crippen molar-refractivity contribution in [3.63, 3.8) is 0 Å². The predicted octanol–water partition coefficient (Wildman–Crippen LogP) is 3.81. The van der Waals surface area contributed by atoms with E-state index in [-0.39, 0.29) is 17.9 Å². The van der Waals surface area contributed by atoms with E-state index in [1.165, 1.54) is 5.56 Å². The Labute approximate surface area is 117 Å². The molecule has 0 fully saturated rings. The van der Waals surface area contributed by atoms with Crippen molar-refractivity contribution in [2.45, 2.75) is 53.0 Å². The summed E-state index contributed by atoms with van der Waals surface area (Å²) in [5.74, 6) is 0.723. The van der Waals surface area contributed by atoms with Crippen molar-refractivity contribution in [2.24, 2.45) is 11.8 Å². The van der Waals surface area contributed by atoms with Gasteiger partial charge in [-0.15, -0.1) is 0 Å². The maximum Gasteiger partial charge on any atom is 0.223 e. The van der Waals surface area contributed by atoms with Crippen molar-refractivity contribution in [2.75, 3.05) is 0 Å². The highest BCUT2D eigenvalue weighted by Crippen LogP contribution is 2.15. The summed E-state index contributed by atoms with van der Waals surface area (Å²) in [6.07, 6.45) is 2.92. The van der Waals surface area contributed by atoms with E-state index >= 15 is 0 Å². The van der Waals surface area contributed by atoms with Crippen LogP contribution >= 0.6 is 0 Å². The minimum absolute atomic E-state index is 0.0924. The van der Waals surface area contributed by atoms with Gasteiger partial charge in [0.25, 0.3) is 0 Å². The zero-order valence-corrected chi connectivity index (χ0v) is 12.6. The molecule has 0 aromatic heterocycles. The SMILES string of the molecule is CC[C@H](Cc1ccccc1)NC(=O)[C@@H](C)[C@@H](C)CC. The average Bonchev–Trinajstić information content (AvgIpc) is 2.45. The van der Waals surface area contributed by atoms with Crippen molar-refractivity contribution < 1.29 is 4.79 Å². The zero-order chi connectivity index (χ0) is 14.3. The van der Waals surface area contributed by atoms with Crippen LogP contribution < -0.4 is 5.32 Å².